The van der Waals surface area contributed by atoms with E-state index in [1.54, 1.807) is 25.7 Å². The second kappa shape index (κ2) is 13.2. The molecule has 2 N–H and O–H groups in total. The van der Waals surface area contributed by atoms with Crippen LogP contribution < -0.4 is 10.6 Å². The normalized spacial score (nSPS) is 17.1. The van der Waals surface area contributed by atoms with Crippen molar-refractivity contribution in [3.63, 3.8) is 0 Å². The Morgan fingerprint density at radius 3 is 2.31 bits per heavy atom. The fourth-order valence-corrected chi connectivity index (χ4v) is 4.70. The fourth-order valence-electron chi connectivity index (χ4n) is 4.45. The highest BCUT2D eigenvalue weighted by Crippen LogP contribution is 2.29. The van der Waals surface area contributed by atoms with Crippen LogP contribution in [0.4, 0.5) is 4.79 Å². The van der Waals surface area contributed by atoms with E-state index in [0.717, 1.165) is 36.8 Å². The molecule has 0 heterocycles. The van der Waals surface area contributed by atoms with Crippen LogP contribution in [0.2, 0.25) is 0 Å². The third kappa shape index (κ3) is 8.44. The maximum absolute atomic E-state index is 13.9. The average Bonchev–Trinajstić information content (AvgIpc) is 2.80. The van der Waals surface area contributed by atoms with Gasteiger partial charge in [0.25, 0.3) is 0 Å². The van der Waals surface area contributed by atoms with E-state index in [2.05, 4.69) is 23.3 Å². The SMILES string of the molecule is CCC(C)N(C(=O)C(CS)NC(=O)OC(C)(C)C)C(C(=O)NC1CCCCC1)c1ccccc1C. The Labute approximate surface area is 216 Å². The van der Waals surface area contributed by atoms with E-state index in [0.29, 0.717) is 6.42 Å². The van der Waals surface area contributed by atoms with E-state index in [1.807, 2.05) is 45.0 Å². The standard InChI is InChI=1S/C27H43N3O4S/c1-7-19(3)30(25(32)22(17-35)29-26(33)34-27(4,5)6)23(21-16-12-11-13-18(21)2)24(31)28-20-14-9-8-10-15-20/h11-13,16,19-20,22-23,35H,7-10,14-15,17H2,1-6H3,(H,28,31)(H,29,33). The van der Waals surface area contributed by atoms with Gasteiger partial charge in [-0.25, -0.2) is 4.79 Å². The number of nitrogens with zero attached hydrogens (tertiary/aromatic N) is 1. The molecule has 3 amide bonds. The highest BCUT2D eigenvalue weighted by molar-refractivity contribution is 7.80. The van der Waals surface area contributed by atoms with Crippen molar-refractivity contribution in [2.75, 3.05) is 5.75 Å². The summed E-state index contributed by atoms with van der Waals surface area (Å²) in [5.41, 5.74) is 1.01. The van der Waals surface area contributed by atoms with Gasteiger partial charge in [0.15, 0.2) is 0 Å². The number of carbonyl (C=O) groups is 3. The molecule has 1 aliphatic rings. The number of carbonyl (C=O) groups excluding carboxylic acids is 3. The first-order valence-electron chi connectivity index (χ1n) is 12.8. The predicted molar refractivity (Wildman–Crippen MR) is 143 cm³/mol. The number of hydrogen-bond acceptors (Lipinski definition) is 5. The zero-order chi connectivity index (χ0) is 26.2. The van der Waals surface area contributed by atoms with Crippen molar-refractivity contribution in [3.8, 4) is 0 Å². The van der Waals surface area contributed by atoms with Crippen LogP contribution in [0.25, 0.3) is 0 Å². The van der Waals surface area contributed by atoms with E-state index in [4.69, 9.17) is 4.74 Å². The summed E-state index contributed by atoms with van der Waals surface area (Å²) in [5.74, 6) is -0.460. The Kier molecular flexibility index (Phi) is 10.9. The minimum atomic E-state index is -0.934. The molecule has 8 heteroatoms. The van der Waals surface area contributed by atoms with Crippen molar-refractivity contribution in [2.24, 2.45) is 0 Å². The molecule has 3 unspecified atom stereocenters. The molecule has 0 aromatic heterocycles. The van der Waals surface area contributed by atoms with Crippen LogP contribution in [0.1, 0.15) is 90.3 Å². The number of benzene rings is 1. The number of alkyl carbamates (subject to hydrolysis) is 1. The molecule has 1 aromatic carbocycles. The molecular formula is C27H43N3O4S. The molecule has 0 saturated heterocycles. The van der Waals surface area contributed by atoms with E-state index in [9.17, 15) is 14.4 Å². The third-order valence-electron chi connectivity index (χ3n) is 6.45. The highest BCUT2D eigenvalue weighted by atomic mass is 32.1. The molecule has 196 valence electrons. The van der Waals surface area contributed by atoms with Crippen molar-refractivity contribution in [2.45, 2.75) is 110 Å². The molecule has 0 bridgehead atoms. The van der Waals surface area contributed by atoms with Gasteiger partial charge in [0.2, 0.25) is 11.8 Å². The Morgan fingerprint density at radius 1 is 1.14 bits per heavy atom. The van der Waals surface area contributed by atoms with Crippen LogP contribution in [0.3, 0.4) is 0 Å². The van der Waals surface area contributed by atoms with Gasteiger partial charge in [-0.1, -0.05) is 50.5 Å². The average molecular weight is 506 g/mol. The van der Waals surface area contributed by atoms with Crippen molar-refractivity contribution in [1.82, 2.24) is 15.5 Å². The molecule has 1 aliphatic carbocycles. The minimum Gasteiger partial charge on any atom is -0.444 e. The number of nitrogens with one attached hydrogen (secondary N) is 2. The summed E-state index contributed by atoms with van der Waals surface area (Å²) in [6.45, 7) is 11.2. The Hall–Kier alpha value is -2.22. The molecule has 1 saturated carbocycles. The summed E-state index contributed by atoms with van der Waals surface area (Å²) in [6.07, 6.45) is 5.23. The second-order valence-electron chi connectivity index (χ2n) is 10.5. The van der Waals surface area contributed by atoms with Crippen LogP contribution >= 0.6 is 12.6 Å². The van der Waals surface area contributed by atoms with Gasteiger partial charge >= 0.3 is 6.09 Å². The lowest BCUT2D eigenvalue weighted by Gasteiger charge is -2.39. The molecule has 1 fully saturated rings. The quantitative estimate of drug-likeness (QED) is 0.415. The van der Waals surface area contributed by atoms with E-state index >= 15 is 0 Å². The first-order chi connectivity index (χ1) is 16.5. The number of aryl methyl sites for hydroxylation is 1. The summed E-state index contributed by atoms with van der Waals surface area (Å²) in [5, 5.41) is 5.89. The van der Waals surface area contributed by atoms with Crippen molar-refractivity contribution >= 4 is 30.5 Å². The van der Waals surface area contributed by atoms with Gasteiger partial charge in [-0.3, -0.25) is 9.59 Å². The lowest BCUT2D eigenvalue weighted by molar-refractivity contribution is -0.145. The summed E-state index contributed by atoms with van der Waals surface area (Å²) in [7, 11) is 0. The topological polar surface area (TPSA) is 87.7 Å². The van der Waals surface area contributed by atoms with Gasteiger partial charge in [0, 0.05) is 17.8 Å². The summed E-state index contributed by atoms with van der Waals surface area (Å²) >= 11 is 4.35. The fraction of sp³-hybridized carbons (Fsp3) is 0.667. The molecule has 3 atom stereocenters. The lowest BCUT2D eigenvalue weighted by atomic mass is 9.93. The zero-order valence-electron chi connectivity index (χ0n) is 22.1. The van der Waals surface area contributed by atoms with Gasteiger partial charge in [0.05, 0.1) is 0 Å². The first kappa shape index (κ1) is 29.0. The molecule has 35 heavy (non-hydrogen) atoms. The number of amides is 3. The van der Waals surface area contributed by atoms with Crippen molar-refractivity contribution < 1.29 is 19.1 Å². The van der Waals surface area contributed by atoms with Crippen LogP contribution in [0.5, 0.6) is 0 Å². The van der Waals surface area contributed by atoms with Gasteiger partial charge in [0.1, 0.15) is 17.7 Å². The third-order valence-corrected chi connectivity index (χ3v) is 6.82. The van der Waals surface area contributed by atoms with Gasteiger partial charge in [-0.15, -0.1) is 0 Å². The monoisotopic (exact) mass is 505 g/mol. The summed E-state index contributed by atoms with van der Waals surface area (Å²) in [4.78, 5) is 41.8. The zero-order valence-corrected chi connectivity index (χ0v) is 23.0. The van der Waals surface area contributed by atoms with E-state index in [-0.39, 0.29) is 29.7 Å². The Morgan fingerprint density at radius 2 is 1.77 bits per heavy atom. The van der Waals surface area contributed by atoms with Crippen LogP contribution in [-0.4, -0.2) is 52.3 Å². The van der Waals surface area contributed by atoms with Crippen LogP contribution in [0.15, 0.2) is 24.3 Å². The van der Waals surface area contributed by atoms with Crippen LogP contribution in [0, 0.1) is 6.92 Å². The molecule has 0 spiro atoms. The maximum atomic E-state index is 13.9. The molecule has 7 nitrogen and oxygen atoms in total. The maximum Gasteiger partial charge on any atom is 0.408 e. The molecule has 1 aromatic rings. The Balaban J connectivity index is 2.43. The predicted octanol–water partition coefficient (Wildman–Crippen LogP) is 4.94. The smallest absolute Gasteiger partial charge is 0.408 e. The summed E-state index contributed by atoms with van der Waals surface area (Å²) < 4.78 is 5.36. The largest absolute Gasteiger partial charge is 0.444 e. The first-order valence-corrected chi connectivity index (χ1v) is 13.4. The molecule has 2 rings (SSSR count). The number of ether oxygens (including phenoxy) is 1. The van der Waals surface area contributed by atoms with Crippen molar-refractivity contribution in [1.29, 1.82) is 0 Å². The van der Waals surface area contributed by atoms with Gasteiger partial charge in [-0.2, -0.15) is 12.6 Å². The number of hydrogen-bond donors (Lipinski definition) is 3. The highest BCUT2D eigenvalue weighted by Gasteiger charge is 2.39. The van der Waals surface area contributed by atoms with Crippen LogP contribution in [-0.2, 0) is 14.3 Å². The minimum absolute atomic E-state index is 0.0791. The molecular weight excluding hydrogens is 462 g/mol. The van der Waals surface area contributed by atoms with Gasteiger partial charge in [-0.05, 0) is 65.0 Å². The Bertz CT molecular complexity index is 864. The lowest BCUT2D eigenvalue weighted by Crippen LogP contribution is -2.56. The number of rotatable bonds is 9. The molecule has 0 aliphatic heterocycles. The molecule has 0 radical (unpaired) electrons. The number of thiol groups is 1. The second-order valence-corrected chi connectivity index (χ2v) is 10.9. The van der Waals surface area contributed by atoms with E-state index < -0.39 is 23.8 Å². The van der Waals surface area contributed by atoms with E-state index in [1.165, 1.54) is 6.42 Å². The summed E-state index contributed by atoms with van der Waals surface area (Å²) in [6, 6.07) is 5.77. The van der Waals surface area contributed by atoms with Gasteiger partial charge < -0.3 is 20.3 Å². The van der Waals surface area contributed by atoms with Crippen molar-refractivity contribution in [3.05, 3.63) is 35.4 Å².